The summed E-state index contributed by atoms with van der Waals surface area (Å²) in [7, 11) is 4.45. The lowest BCUT2D eigenvalue weighted by molar-refractivity contribution is -0.138. The summed E-state index contributed by atoms with van der Waals surface area (Å²) in [5.41, 5.74) is 3.13. The van der Waals surface area contributed by atoms with Crippen molar-refractivity contribution >= 4 is 27.0 Å². The van der Waals surface area contributed by atoms with E-state index in [9.17, 15) is 14.4 Å². The number of carbonyl (C=O) groups is 3. The lowest BCUT2D eigenvalue weighted by Gasteiger charge is -2.22. The first kappa shape index (κ1) is 37.4. The molecule has 10 nitrogen and oxygen atoms in total. The van der Waals surface area contributed by atoms with Crippen LogP contribution in [0.2, 0.25) is 0 Å². The number of hydrogen-bond acceptors (Lipinski definition) is 8. The molecule has 0 aliphatic heterocycles. The van der Waals surface area contributed by atoms with E-state index in [1.807, 2.05) is 13.0 Å². The molecule has 0 amide bonds. The third-order valence-electron chi connectivity index (χ3n) is 2.99. The molecule has 190 valence electrons. The predicted molar refractivity (Wildman–Crippen MR) is 129 cm³/mol. The molecule has 11 heteroatoms. The van der Waals surface area contributed by atoms with E-state index < -0.39 is 27.0 Å². The summed E-state index contributed by atoms with van der Waals surface area (Å²) < 4.78 is 20.1. The molecule has 0 fully saturated rings. The van der Waals surface area contributed by atoms with Gasteiger partial charge in [0.15, 0.2) is 0 Å². The second-order valence-electron chi connectivity index (χ2n) is 6.05. The molecule has 0 heterocycles. The Labute approximate surface area is 198 Å². The van der Waals surface area contributed by atoms with Gasteiger partial charge in [-0.05, 0) is 20.3 Å². The minimum absolute atomic E-state index is 0.347. The summed E-state index contributed by atoms with van der Waals surface area (Å²) in [6, 6.07) is 0. The van der Waals surface area contributed by atoms with Crippen molar-refractivity contribution in [2.24, 2.45) is 0 Å². The van der Waals surface area contributed by atoms with Crippen LogP contribution in [0.25, 0.3) is 0 Å². The highest BCUT2D eigenvalue weighted by molar-refractivity contribution is 6.55. The van der Waals surface area contributed by atoms with E-state index in [-0.39, 0.29) is 0 Å². The fourth-order valence-electron chi connectivity index (χ4n) is 1.46. The van der Waals surface area contributed by atoms with Crippen molar-refractivity contribution in [3.05, 3.63) is 55.0 Å². The zero-order valence-corrected chi connectivity index (χ0v) is 22.0. The first-order chi connectivity index (χ1) is 15.3. The van der Waals surface area contributed by atoms with E-state index in [0.717, 1.165) is 18.9 Å². The molecule has 0 aliphatic rings. The second-order valence-corrected chi connectivity index (χ2v) is 8.48. The monoisotopic (exact) mass is 489 g/mol. The number of aliphatic carboxylic acids is 2. The van der Waals surface area contributed by atoms with Gasteiger partial charge in [0.1, 0.15) is 0 Å². The SMILES string of the molecule is C=C=C.C=CC(=O)O.CC(=CN(C)C)C(=O)O.CCCC=C(C)C(=O)O[Si](OC)(OC)OC. The molecule has 33 heavy (non-hydrogen) atoms. The molecule has 2 N–H and O–H groups in total. The molecule has 0 aliphatic carbocycles. The van der Waals surface area contributed by atoms with E-state index in [2.05, 4.69) is 25.5 Å². The third kappa shape index (κ3) is 25.2. The van der Waals surface area contributed by atoms with E-state index >= 15 is 0 Å². The van der Waals surface area contributed by atoms with Crippen molar-refractivity contribution in [2.75, 3.05) is 35.4 Å². The number of hydrogen-bond donors (Lipinski definition) is 2. The first-order valence-electron chi connectivity index (χ1n) is 9.55. The van der Waals surface area contributed by atoms with Crippen LogP contribution in [-0.2, 0) is 32.1 Å². The minimum Gasteiger partial charge on any atom is -0.478 e. The Morgan fingerprint density at radius 1 is 1.00 bits per heavy atom. The lowest BCUT2D eigenvalue weighted by atomic mass is 10.2. The molecule has 0 atom stereocenters. The van der Waals surface area contributed by atoms with Crippen molar-refractivity contribution in [3.63, 3.8) is 0 Å². The van der Waals surface area contributed by atoms with Gasteiger partial charge >= 0.3 is 27.0 Å². The Morgan fingerprint density at radius 2 is 1.39 bits per heavy atom. The number of nitrogens with zero attached hydrogens (tertiary/aromatic N) is 1. The molecule has 0 rings (SSSR count). The summed E-state index contributed by atoms with van der Waals surface area (Å²) in [6.07, 6.45) is 6.03. The fraction of sp³-hybridized carbons (Fsp3) is 0.455. The smallest absolute Gasteiger partial charge is 0.478 e. The standard InChI is InChI=1S/C10H20O5Si.C6H11NO2.C3H4O2.C3H4/c1-6-7-8-9(2)10(11)15-16(12-3,13-4)14-5;1-5(6(8)9)4-7(2)3;1-2-3(4)5;1-3-2/h8H,6-7H2,1-5H3;4H,1-3H3,(H,8,9);2H,1H2,(H,4,5);1-2H2. The predicted octanol–water partition coefficient (Wildman–Crippen LogP) is 3.40. The van der Waals surface area contributed by atoms with Gasteiger partial charge in [0.05, 0.1) is 0 Å². The van der Waals surface area contributed by atoms with Gasteiger partial charge in [-0.3, -0.25) is 0 Å². The average molecular weight is 490 g/mol. The van der Waals surface area contributed by atoms with Crippen LogP contribution < -0.4 is 0 Å². The van der Waals surface area contributed by atoms with Crippen LogP contribution in [0.5, 0.6) is 0 Å². The first-order valence-corrected chi connectivity index (χ1v) is 11.2. The molecule has 0 bridgehead atoms. The minimum atomic E-state index is -3.27. The third-order valence-corrected chi connectivity index (χ3v) is 4.93. The van der Waals surface area contributed by atoms with E-state index in [1.165, 1.54) is 21.3 Å². The zero-order chi connectivity index (χ0) is 27.0. The van der Waals surface area contributed by atoms with Crippen LogP contribution in [0.4, 0.5) is 0 Å². The largest absolute Gasteiger partial charge is 0.751 e. The Bertz CT molecular complexity index is 667. The zero-order valence-electron chi connectivity index (χ0n) is 21.0. The molecule has 0 spiro atoms. The summed E-state index contributed by atoms with van der Waals surface area (Å²) in [5.74, 6) is -2.32. The maximum absolute atomic E-state index is 11.6. The molecular weight excluding hydrogens is 450 g/mol. The van der Waals surface area contributed by atoms with Gasteiger partial charge in [-0.1, -0.05) is 39.2 Å². The molecule has 0 saturated carbocycles. The molecule has 0 saturated heterocycles. The van der Waals surface area contributed by atoms with Crippen LogP contribution in [0.1, 0.15) is 33.6 Å². The second kappa shape index (κ2) is 23.7. The number of carbonyl (C=O) groups excluding carboxylic acids is 1. The fourth-order valence-corrected chi connectivity index (χ4v) is 2.59. The van der Waals surface area contributed by atoms with Crippen LogP contribution in [0.3, 0.4) is 0 Å². The molecule has 0 radical (unpaired) electrons. The van der Waals surface area contributed by atoms with Crippen LogP contribution in [0, 0.1) is 0 Å². The molecule has 0 unspecified atom stereocenters. The lowest BCUT2D eigenvalue weighted by Crippen LogP contribution is -2.48. The van der Waals surface area contributed by atoms with Crippen LogP contribution in [0.15, 0.2) is 55.0 Å². The number of rotatable bonds is 10. The van der Waals surface area contributed by atoms with Crippen molar-refractivity contribution < 1.29 is 42.3 Å². The Hall–Kier alpha value is -2.95. The average Bonchev–Trinajstić information content (AvgIpc) is 2.76. The normalized spacial score (nSPS) is 10.4. The maximum atomic E-state index is 11.6. The van der Waals surface area contributed by atoms with Gasteiger partial charge in [-0.25, -0.2) is 14.4 Å². The topological polar surface area (TPSA) is 132 Å². The van der Waals surface area contributed by atoms with Crippen molar-refractivity contribution in [2.45, 2.75) is 33.6 Å². The van der Waals surface area contributed by atoms with Gasteiger partial charge in [0, 0.05) is 58.8 Å². The van der Waals surface area contributed by atoms with Gasteiger partial charge in [0.25, 0.3) is 0 Å². The van der Waals surface area contributed by atoms with E-state index in [1.54, 1.807) is 39.0 Å². The summed E-state index contributed by atoms with van der Waals surface area (Å²) in [6.45, 7) is 14.5. The van der Waals surface area contributed by atoms with Crippen LogP contribution >= 0.6 is 0 Å². The Balaban J connectivity index is -0.000000207. The highest BCUT2D eigenvalue weighted by Crippen LogP contribution is 2.11. The number of carboxylic acids is 2. The summed E-state index contributed by atoms with van der Waals surface area (Å²) in [5, 5.41) is 15.9. The number of carboxylic acid groups (broad SMARTS) is 2. The quantitative estimate of drug-likeness (QED) is 0.267. The number of allylic oxidation sites excluding steroid dienone is 1. The molecule has 0 aromatic carbocycles. The van der Waals surface area contributed by atoms with Gasteiger partial charge in [-0.15, -0.1) is 5.73 Å². The van der Waals surface area contributed by atoms with Crippen molar-refractivity contribution in [1.29, 1.82) is 0 Å². The maximum Gasteiger partial charge on any atom is 0.751 e. The molecule has 0 aromatic rings. The Kier molecular flexibility index (Phi) is 26.8. The van der Waals surface area contributed by atoms with E-state index in [0.29, 0.717) is 11.1 Å². The van der Waals surface area contributed by atoms with Crippen LogP contribution in [-0.4, -0.2) is 77.5 Å². The molecule has 0 aromatic heterocycles. The van der Waals surface area contributed by atoms with Gasteiger partial charge in [-0.2, -0.15) is 0 Å². The molecular formula is C22H39NO9Si. The van der Waals surface area contributed by atoms with Crippen molar-refractivity contribution in [3.8, 4) is 0 Å². The highest BCUT2D eigenvalue weighted by Gasteiger charge is 2.47. The summed E-state index contributed by atoms with van der Waals surface area (Å²) >= 11 is 0. The van der Waals surface area contributed by atoms with Gasteiger partial charge in [0.2, 0.25) is 0 Å². The van der Waals surface area contributed by atoms with E-state index in [4.69, 9.17) is 27.9 Å². The van der Waals surface area contributed by atoms with Gasteiger partial charge < -0.3 is 32.8 Å². The highest BCUT2D eigenvalue weighted by atomic mass is 28.4. The summed E-state index contributed by atoms with van der Waals surface area (Å²) in [4.78, 5) is 32.7. The Morgan fingerprint density at radius 3 is 1.61 bits per heavy atom. The van der Waals surface area contributed by atoms with Crippen molar-refractivity contribution in [1.82, 2.24) is 4.90 Å². The number of unbranched alkanes of at least 4 members (excludes halogenated alkanes) is 1.